The molecule has 128 valence electrons. The minimum atomic E-state index is -0.313. The zero-order valence-electron chi connectivity index (χ0n) is 14.0. The predicted molar refractivity (Wildman–Crippen MR) is 85.9 cm³/mol. The maximum Gasteiger partial charge on any atom is 0.337 e. The Hall–Kier alpha value is -1.56. The van der Waals surface area contributed by atoms with Crippen molar-refractivity contribution in [1.82, 2.24) is 10.6 Å². The first-order chi connectivity index (χ1) is 11.2. The van der Waals surface area contributed by atoms with Gasteiger partial charge in [-0.1, -0.05) is 6.42 Å². The topological polar surface area (TPSA) is 71.9 Å². The van der Waals surface area contributed by atoms with Gasteiger partial charge in [0, 0.05) is 5.92 Å². The molecule has 3 N–H and O–H groups in total. The van der Waals surface area contributed by atoms with Gasteiger partial charge in [0.1, 0.15) is 6.54 Å². The molecule has 2 fully saturated rings. The second kappa shape index (κ2) is 7.34. The van der Waals surface area contributed by atoms with E-state index in [2.05, 4.69) is 10.6 Å². The lowest BCUT2D eigenvalue weighted by Crippen LogP contribution is -3.18. The summed E-state index contributed by atoms with van der Waals surface area (Å²) in [6.07, 6.45) is 7.85. The van der Waals surface area contributed by atoms with Gasteiger partial charge in [-0.05, 0) is 39.0 Å². The lowest BCUT2D eigenvalue weighted by molar-refractivity contribution is -0.932. The van der Waals surface area contributed by atoms with E-state index in [0.29, 0.717) is 18.2 Å². The number of ether oxygens (including phenoxy) is 1. The Morgan fingerprint density at radius 3 is 2.87 bits per heavy atom. The maximum atomic E-state index is 12.2. The van der Waals surface area contributed by atoms with Gasteiger partial charge in [0.05, 0.1) is 37.0 Å². The molecule has 6 nitrogen and oxygen atoms in total. The number of likely N-dealkylation sites (tertiary alicyclic amines) is 1. The zero-order valence-corrected chi connectivity index (χ0v) is 14.0. The fourth-order valence-electron chi connectivity index (χ4n) is 4.41. The SMILES string of the molecule is CCOC(=O)C1=C(C[NH+]2CCC[C@H]3CCCC[C@@H]32)NC(=O)NC1. The number of fused-ring (bicyclic) bond motifs is 1. The van der Waals surface area contributed by atoms with E-state index >= 15 is 0 Å². The van der Waals surface area contributed by atoms with Crippen molar-refractivity contribution in [3.05, 3.63) is 11.3 Å². The summed E-state index contributed by atoms with van der Waals surface area (Å²) in [6.45, 7) is 4.27. The normalized spacial score (nSPS) is 31.0. The summed E-state index contributed by atoms with van der Waals surface area (Å²) in [7, 11) is 0. The number of urea groups is 1. The van der Waals surface area contributed by atoms with Gasteiger partial charge in [-0.2, -0.15) is 0 Å². The standard InChI is InChI=1S/C17H27N3O3/c1-2-23-16(21)13-10-18-17(22)19-14(13)11-20-9-5-7-12-6-3-4-8-15(12)20/h12,15H,2-11H2,1H3,(H2,18,19,22)/p+1/t12-,15+/m1/s1. The molecule has 0 aromatic rings. The first kappa shape index (κ1) is 16.3. The molecule has 3 aliphatic rings. The molecule has 0 aromatic carbocycles. The molecule has 2 heterocycles. The van der Waals surface area contributed by atoms with Crippen LogP contribution >= 0.6 is 0 Å². The number of carbonyl (C=O) groups excluding carboxylic acids is 2. The molecule has 0 bridgehead atoms. The Morgan fingerprint density at radius 1 is 1.26 bits per heavy atom. The summed E-state index contributed by atoms with van der Waals surface area (Å²) in [5.74, 6) is 0.503. The Morgan fingerprint density at radius 2 is 2.04 bits per heavy atom. The van der Waals surface area contributed by atoms with Crippen LogP contribution in [-0.2, 0) is 9.53 Å². The van der Waals surface area contributed by atoms with Crippen molar-refractivity contribution in [2.45, 2.75) is 51.5 Å². The highest BCUT2D eigenvalue weighted by atomic mass is 16.5. The number of carbonyl (C=O) groups is 2. The fourth-order valence-corrected chi connectivity index (χ4v) is 4.41. The van der Waals surface area contributed by atoms with Crippen LogP contribution in [0.1, 0.15) is 45.4 Å². The molecule has 0 radical (unpaired) electrons. The second-order valence-corrected chi connectivity index (χ2v) is 6.86. The summed E-state index contributed by atoms with van der Waals surface area (Å²) in [4.78, 5) is 25.4. The van der Waals surface area contributed by atoms with E-state index in [1.165, 1.54) is 43.4 Å². The number of rotatable bonds is 4. The highest BCUT2D eigenvalue weighted by Gasteiger charge is 2.38. The first-order valence-electron chi connectivity index (χ1n) is 8.97. The molecule has 3 atom stereocenters. The molecule has 0 aromatic heterocycles. The molecule has 2 aliphatic heterocycles. The van der Waals surface area contributed by atoms with Crippen molar-refractivity contribution in [2.24, 2.45) is 5.92 Å². The minimum absolute atomic E-state index is 0.218. The number of amides is 2. The summed E-state index contributed by atoms with van der Waals surface area (Å²) < 4.78 is 5.15. The maximum absolute atomic E-state index is 12.2. The third kappa shape index (κ3) is 3.68. The lowest BCUT2D eigenvalue weighted by atomic mass is 9.78. The number of hydrogen-bond donors (Lipinski definition) is 3. The largest absolute Gasteiger partial charge is 0.463 e. The van der Waals surface area contributed by atoms with Crippen LogP contribution in [0, 0.1) is 5.92 Å². The van der Waals surface area contributed by atoms with Crippen molar-refractivity contribution in [2.75, 3.05) is 26.2 Å². The molecular formula is C17H28N3O3+. The van der Waals surface area contributed by atoms with Gasteiger partial charge >= 0.3 is 12.0 Å². The van der Waals surface area contributed by atoms with Gasteiger partial charge < -0.3 is 20.3 Å². The third-order valence-electron chi connectivity index (χ3n) is 5.49. The van der Waals surface area contributed by atoms with E-state index < -0.39 is 0 Å². The summed E-state index contributed by atoms with van der Waals surface area (Å²) in [5.41, 5.74) is 1.34. The Kier molecular flexibility index (Phi) is 5.20. The van der Waals surface area contributed by atoms with Gasteiger partial charge in [-0.25, -0.2) is 9.59 Å². The predicted octanol–water partition coefficient (Wildman–Crippen LogP) is 0.354. The van der Waals surface area contributed by atoms with Gasteiger partial charge in [0.2, 0.25) is 0 Å². The van der Waals surface area contributed by atoms with Crippen LogP contribution in [0.15, 0.2) is 11.3 Å². The average Bonchev–Trinajstić information content (AvgIpc) is 2.55. The molecule has 3 rings (SSSR count). The molecule has 2 amide bonds. The van der Waals surface area contributed by atoms with E-state index in [1.807, 2.05) is 0 Å². The Bertz CT molecular complexity index is 501. The monoisotopic (exact) mass is 322 g/mol. The molecule has 1 aliphatic carbocycles. The van der Waals surface area contributed by atoms with Crippen LogP contribution in [0.3, 0.4) is 0 Å². The van der Waals surface area contributed by atoms with Crippen molar-refractivity contribution < 1.29 is 19.2 Å². The molecule has 1 saturated heterocycles. The smallest absolute Gasteiger partial charge is 0.337 e. The van der Waals surface area contributed by atoms with Gasteiger partial charge in [-0.15, -0.1) is 0 Å². The van der Waals surface area contributed by atoms with Crippen molar-refractivity contribution in [3.8, 4) is 0 Å². The van der Waals surface area contributed by atoms with Crippen LogP contribution in [0.5, 0.6) is 0 Å². The molecule has 0 spiro atoms. The van der Waals surface area contributed by atoms with Crippen LogP contribution in [-0.4, -0.2) is 44.3 Å². The molecule has 1 unspecified atom stereocenters. The summed E-state index contributed by atoms with van der Waals surface area (Å²) in [6, 6.07) is 0.463. The molecular weight excluding hydrogens is 294 g/mol. The van der Waals surface area contributed by atoms with E-state index in [0.717, 1.165) is 24.7 Å². The molecule has 1 saturated carbocycles. The van der Waals surface area contributed by atoms with Crippen LogP contribution in [0.2, 0.25) is 0 Å². The van der Waals surface area contributed by atoms with Crippen LogP contribution in [0.4, 0.5) is 4.79 Å². The zero-order chi connectivity index (χ0) is 16.2. The summed E-state index contributed by atoms with van der Waals surface area (Å²) >= 11 is 0. The van der Waals surface area contributed by atoms with E-state index in [4.69, 9.17) is 4.74 Å². The minimum Gasteiger partial charge on any atom is -0.463 e. The average molecular weight is 322 g/mol. The highest BCUT2D eigenvalue weighted by Crippen LogP contribution is 2.28. The number of hydrogen-bond acceptors (Lipinski definition) is 3. The lowest BCUT2D eigenvalue weighted by Gasteiger charge is -2.41. The number of quaternary nitrogens is 1. The molecule has 6 heteroatoms. The Balaban J connectivity index is 1.76. The summed E-state index contributed by atoms with van der Waals surface area (Å²) in [5, 5.41) is 5.53. The van der Waals surface area contributed by atoms with Crippen LogP contribution in [0.25, 0.3) is 0 Å². The van der Waals surface area contributed by atoms with Gasteiger partial charge in [0.15, 0.2) is 0 Å². The van der Waals surface area contributed by atoms with Crippen molar-refractivity contribution in [3.63, 3.8) is 0 Å². The van der Waals surface area contributed by atoms with Gasteiger partial charge in [-0.3, -0.25) is 0 Å². The van der Waals surface area contributed by atoms with E-state index in [-0.39, 0.29) is 18.5 Å². The number of nitrogens with one attached hydrogen (secondary N) is 3. The highest BCUT2D eigenvalue weighted by molar-refractivity contribution is 5.93. The van der Waals surface area contributed by atoms with Crippen LogP contribution < -0.4 is 15.5 Å². The van der Waals surface area contributed by atoms with Gasteiger partial charge in [0.25, 0.3) is 0 Å². The molecule has 23 heavy (non-hydrogen) atoms. The fraction of sp³-hybridized carbons (Fsp3) is 0.765. The van der Waals surface area contributed by atoms with E-state index in [9.17, 15) is 9.59 Å². The third-order valence-corrected chi connectivity index (χ3v) is 5.49. The number of piperidine rings is 1. The first-order valence-corrected chi connectivity index (χ1v) is 8.97. The second-order valence-electron chi connectivity index (χ2n) is 6.86. The van der Waals surface area contributed by atoms with Crippen molar-refractivity contribution >= 4 is 12.0 Å². The quantitative estimate of drug-likeness (QED) is 0.654. The van der Waals surface area contributed by atoms with Crippen molar-refractivity contribution in [1.29, 1.82) is 0 Å². The number of esters is 1. The Labute approximate surface area is 137 Å². The van der Waals surface area contributed by atoms with E-state index in [1.54, 1.807) is 6.92 Å².